The molecule has 0 saturated heterocycles. The fourth-order valence-electron chi connectivity index (χ4n) is 4.56. The van der Waals surface area contributed by atoms with Crippen LogP contribution >= 0.6 is 23.2 Å². The number of anilines is 1. The van der Waals surface area contributed by atoms with Crippen molar-refractivity contribution in [1.82, 2.24) is 10.2 Å². The van der Waals surface area contributed by atoms with Crippen LogP contribution in [0, 0.1) is 0 Å². The van der Waals surface area contributed by atoms with Crippen LogP contribution in [0.25, 0.3) is 0 Å². The van der Waals surface area contributed by atoms with Gasteiger partial charge in [-0.15, -0.1) is 0 Å². The van der Waals surface area contributed by atoms with Gasteiger partial charge in [0.15, 0.2) is 0 Å². The van der Waals surface area contributed by atoms with Crippen molar-refractivity contribution in [3.8, 4) is 5.75 Å². The Bertz CT molecular complexity index is 1650. The highest BCUT2D eigenvalue weighted by atomic mass is 35.5. The molecule has 1 unspecified atom stereocenters. The average Bonchev–Trinajstić information content (AvgIpc) is 3.02. The number of hydrogen-bond acceptors (Lipinski definition) is 5. The predicted molar refractivity (Wildman–Crippen MR) is 169 cm³/mol. The first kappa shape index (κ1) is 31.9. The topological polar surface area (TPSA) is 96.0 Å². The number of benzene rings is 4. The summed E-state index contributed by atoms with van der Waals surface area (Å²) in [5, 5.41) is 3.53. The summed E-state index contributed by atoms with van der Waals surface area (Å²) < 4.78 is 34.2. The Morgan fingerprint density at radius 3 is 2.09 bits per heavy atom. The first-order chi connectivity index (χ1) is 20.6. The van der Waals surface area contributed by atoms with E-state index in [2.05, 4.69) is 5.32 Å². The van der Waals surface area contributed by atoms with Gasteiger partial charge in [-0.2, -0.15) is 0 Å². The van der Waals surface area contributed by atoms with Gasteiger partial charge >= 0.3 is 0 Å². The summed E-state index contributed by atoms with van der Waals surface area (Å²) in [6, 6.07) is 27.3. The van der Waals surface area contributed by atoms with E-state index in [0.29, 0.717) is 21.4 Å². The molecule has 4 aromatic rings. The maximum absolute atomic E-state index is 14.3. The van der Waals surface area contributed by atoms with Crippen molar-refractivity contribution in [2.75, 3.05) is 25.0 Å². The van der Waals surface area contributed by atoms with E-state index in [1.54, 1.807) is 36.4 Å². The molecule has 0 bridgehead atoms. The van der Waals surface area contributed by atoms with Gasteiger partial charge in [0.1, 0.15) is 18.3 Å². The van der Waals surface area contributed by atoms with Gasteiger partial charge in [-0.05, 0) is 71.8 Å². The largest absolute Gasteiger partial charge is 0.497 e. The number of ether oxygens (including phenoxy) is 1. The van der Waals surface area contributed by atoms with E-state index in [4.69, 9.17) is 27.9 Å². The Morgan fingerprint density at radius 2 is 1.49 bits per heavy atom. The molecule has 224 valence electrons. The summed E-state index contributed by atoms with van der Waals surface area (Å²) >= 11 is 12.3. The van der Waals surface area contributed by atoms with E-state index in [0.717, 1.165) is 9.87 Å². The molecule has 0 saturated carbocycles. The number of rotatable bonds is 12. The number of halogens is 2. The zero-order valence-corrected chi connectivity index (χ0v) is 25.9. The van der Waals surface area contributed by atoms with Crippen LogP contribution in [0.4, 0.5) is 5.69 Å². The highest BCUT2D eigenvalue weighted by molar-refractivity contribution is 7.92. The highest BCUT2D eigenvalue weighted by Crippen LogP contribution is 2.27. The summed E-state index contributed by atoms with van der Waals surface area (Å²) in [6.45, 7) is -0.569. The Hall–Kier alpha value is -4.05. The molecule has 4 aromatic carbocycles. The molecule has 0 aromatic heterocycles. The van der Waals surface area contributed by atoms with Gasteiger partial charge in [-0.3, -0.25) is 13.9 Å². The number of nitrogens with zero attached hydrogens (tertiary/aromatic N) is 2. The normalized spacial score (nSPS) is 11.8. The van der Waals surface area contributed by atoms with Gasteiger partial charge < -0.3 is 15.0 Å². The molecule has 1 N–H and O–H groups in total. The van der Waals surface area contributed by atoms with Crippen LogP contribution in [-0.2, 0) is 32.6 Å². The van der Waals surface area contributed by atoms with Crippen LogP contribution in [0.5, 0.6) is 5.75 Å². The van der Waals surface area contributed by atoms with Crippen LogP contribution < -0.4 is 14.4 Å². The number of amides is 2. The fraction of sp³-hybridized carbons (Fsp3) is 0.188. The molecule has 0 aliphatic carbocycles. The maximum Gasteiger partial charge on any atom is 0.264 e. The molecule has 0 aliphatic heterocycles. The van der Waals surface area contributed by atoms with Gasteiger partial charge in [0.05, 0.1) is 17.7 Å². The minimum atomic E-state index is -4.24. The molecule has 1 atom stereocenters. The minimum Gasteiger partial charge on any atom is -0.497 e. The third-order valence-electron chi connectivity index (χ3n) is 6.80. The lowest BCUT2D eigenvalue weighted by atomic mass is 10.0. The highest BCUT2D eigenvalue weighted by Gasteiger charge is 2.34. The van der Waals surface area contributed by atoms with Crippen molar-refractivity contribution < 1.29 is 22.7 Å². The molecule has 0 heterocycles. The Morgan fingerprint density at radius 1 is 0.837 bits per heavy atom. The Balaban J connectivity index is 1.78. The van der Waals surface area contributed by atoms with Crippen LogP contribution in [-0.4, -0.2) is 51.9 Å². The van der Waals surface area contributed by atoms with Gasteiger partial charge in [-0.1, -0.05) is 65.7 Å². The standard InChI is InChI=1S/C32H31Cl2N3O5S/c1-35-32(39)30(20-23-7-4-3-5-8-23)36(21-24-9-6-10-26(34)19-24)31(38)22-37(27-13-11-25(33)12-14-27)43(40,41)29-17-15-28(42-2)16-18-29/h3-19,30H,20-22H2,1-2H3,(H,35,39). The first-order valence-corrected chi connectivity index (χ1v) is 15.5. The zero-order valence-electron chi connectivity index (χ0n) is 23.6. The van der Waals surface area contributed by atoms with Crippen molar-refractivity contribution in [3.63, 3.8) is 0 Å². The second-order valence-corrected chi connectivity index (χ2v) is 12.4. The molecule has 11 heteroatoms. The van der Waals surface area contributed by atoms with Gasteiger partial charge in [-0.25, -0.2) is 8.42 Å². The predicted octanol–water partition coefficient (Wildman–Crippen LogP) is 5.58. The number of nitrogens with one attached hydrogen (secondary N) is 1. The van der Waals surface area contributed by atoms with Crippen molar-refractivity contribution in [2.45, 2.75) is 23.9 Å². The number of likely N-dealkylation sites (N-methyl/N-ethyl adjacent to an activating group) is 1. The average molecular weight is 641 g/mol. The van der Waals surface area contributed by atoms with Crippen molar-refractivity contribution in [2.24, 2.45) is 0 Å². The van der Waals surface area contributed by atoms with E-state index in [9.17, 15) is 18.0 Å². The number of hydrogen-bond donors (Lipinski definition) is 1. The summed E-state index contributed by atoms with van der Waals surface area (Å²) in [5.41, 5.74) is 1.75. The second kappa shape index (κ2) is 14.4. The van der Waals surface area contributed by atoms with E-state index < -0.39 is 34.4 Å². The summed E-state index contributed by atoms with van der Waals surface area (Å²) in [7, 11) is -1.27. The van der Waals surface area contributed by atoms with Crippen LogP contribution in [0.15, 0.2) is 108 Å². The van der Waals surface area contributed by atoms with Crippen LogP contribution in [0.1, 0.15) is 11.1 Å². The summed E-state index contributed by atoms with van der Waals surface area (Å²) in [5.74, 6) is -0.498. The smallest absolute Gasteiger partial charge is 0.264 e. The quantitative estimate of drug-likeness (QED) is 0.218. The molecule has 0 spiro atoms. The van der Waals surface area contributed by atoms with Gasteiger partial charge in [0.2, 0.25) is 11.8 Å². The number of sulfonamides is 1. The monoisotopic (exact) mass is 639 g/mol. The summed E-state index contributed by atoms with van der Waals surface area (Å²) in [4.78, 5) is 28.9. The minimum absolute atomic E-state index is 0.0152. The lowest BCUT2D eigenvalue weighted by molar-refractivity contribution is -0.139. The Kier molecular flexibility index (Phi) is 10.7. The van der Waals surface area contributed by atoms with Crippen LogP contribution in [0.2, 0.25) is 10.0 Å². The molecule has 0 aliphatic rings. The molecule has 0 radical (unpaired) electrons. The molecular formula is C32H31Cl2N3O5S. The maximum atomic E-state index is 14.3. The third kappa shape index (κ3) is 8.07. The zero-order chi connectivity index (χ0) is 31.0. The van der Waals surface area contributed by atoms with E-state index in [1.807, 2.05) is 30.3 Å². The molecular weight excluding hydrogens is 609 g/mol. The third-order valence-corrected chi connectivity index (χ3v) is 9.08. The lowest BCUT2D eigenvalue weighted by Gasteiger charge is -2.33. The Labute approximate surface area is 261 Å². The number of carbonyl (C=O) groups is 2. The first-order valence-electron chi connectivity index (χ1n) is 13.3. The van der Waals surface area contributed by atoms with E-state index >= 15 is 0 Å². The van der Waals surface area contributed by atoms with Gasteiger partial charge in [0.25, 0.3) is 10.0 Å². The van der Waals surface area contributed by atoms with Crippen molar-refractivity contribution in [3.05, 3.63) is 124 Å². The molecule has 43 heavy (non-hydrogen) atoms. The SMILES string of the molecule is CNC(=O)C(Cc1ccccc1)N(Cc1cccc(Cl)c1)C(=O)CN(c1ccc(Cl)cc1)S(=O)(=O)c1ccc(OC)cc1. The van der Waals surface area contributed by atoms with Crippen molar-refractivity contribution in [1.29, 1.82) is 0 Å². The van der Waals surface area contributed by atoms with Gasteiger partial charge in [0, 0.05) is 30.1 Å². The molecule has 2 amide bonds. The lowest BCUT2D eigenvalue weighted by Crippen LogP contribution is -2.53. The van der Waals surface area contributed by atoms with Crippen molar-refractivity contribution >= 4 is 50.7 Å². The van der Waals surface area contributed by atoms with Crippen LogP contribution in [0.3, 0.4) is 0 Å². The second-order valence-electron chi connectivity index (χ2n) is 9.63. The number of carbonyl (C=O) groups excluding carboxylic acids is 2. The van der Waals surface area contributed by atoms with E-state index in [-0.39, 0.29) is 23.5 Å². The molecule has 4 rings (SSSR count). The molecule has 0 fully saturated rings. The number of methoxy groups -OCH3 is 1. The fourth-order valence-corrected chi connectivity index (χ4v) is 6.32. The molecule has 8 nitrogen and oxygen atoms in total. The van der Waals surface area contributed by atoms with E-state index in [1.165, 1.54) is 55.5 Å². The summed E-state index contributed by atoms with van der Waals surface area (Å²) in [6.07, 6.45) is 0.207.